The molecular weight excluding hydrogens is 454 g/mol. The van der Waals surface area contributed by atoms with Crippen LogP contribution >= 0.6 is 0 Å². The number of nitrogens with zero attached hydrogens (tertiary/aromatic N) is 1. The number of benzene rings is 3. The molecule has 0 saturated carbocycles. The van der Waals surface area contributed by atoms with Gasteiger partial charge in [0, 0.05) is 12.0 Å². The van der Waals surface area contributed by atoms with Gasteiger partial charge < -0.3 is 4.74 Å². The average Bonchev–Trinajstić information content (AvgIpc) is 2.89. The smallest absolute Gasteiger partial charge is 0.162 e. The van der Waals surface area contributed by atoms with Crippen LogP contribution in [0.15, 0.2) is 54.6 Å². The van der Waals surface area contributed by atoms with E-state index in [4.69, 9.17) is 4.74 Å². The Bertz CT molecular complexity index is 1320. The minimum atomic E-state index is 0.142. The fourth-order valence-electron chi connectivity index (χ4n) is 4.89. The molecule has 0 aromatic heterocycles. The first-order chi connectivity index (χ1) is 17.8. The van der Waals surface area contributed by atoms with Gasteiger partial charge >= 0.3 is 0 Å². The van der Waals surface area contributed by atoms with Crippen molar-refractivity contribution in [3.05, 3.63) is 88.0 Å². The van der Waals surface area contributed by atoms with E-state index in [-0.39, 0.29) is 11.9 Å². The zero-order valence-electron chi connectivity index (χ0n) is 23.2. The summed E-state index contributed by atoms with van der Waals surface area (Å²) in [5.74, 6) is 0.836. The maximum absolute atomic E-state index is 12.1. The number of rotatable bonds is 11. The standard InChI is InChI=1S/C34H39NO2/c1-7-11-30(12-8-2)37-34-18-16-27(21-29(34)22-35)32-14-10-13-26(25(32)6)19-23(4)31-17-15-28(20-24(31)5)33(36)9-3/h10,13-21,30H,7-9,11-12H2,1-6H3/b23-19+. The summed E-state index contributed by atoms with van der Waals surface area (Å²) in [6.45, 7) is 12.5. The highest BCUT2D eigenvalue weighted by Gasteiger charge is 2.14. The van der Waals surface area contributed by atoms with E-state index >= 15 is 0 Å². The van der Waals surface area contributed by atoms with Crippen molar-refractivity contribution in [2.24, 2.45) is 0 Å². The van der Waals surface area contributed by atoms with Crippen LogP contribution in [0.2, 0.25) is 0 Å². The largest absolute Gasteiger partial charge is 0.489 e. The zero-order valence-corrected chi connectivity index (χ0v) is 23.2. The van der Waals surface area contributed by atoms with Crippen LogP contribution in [0.25, 0.3) is 22.8 Å². The average molecular weight is 494 g/mol. The molecule has 3 heteroatoms. The second-order valence-electron chi connectivity index (χ2n) is 9.79. The van der Waals surface area contributed by atoms with Gasteiger partial charge in [-0.15, -0.1) is 0 Å². The zero-order chi connectivity index (χ0) is 26.9. The van der Waals surface area contributed by atoms with E-state index in [1.807, 2.05) is 37.3 Å². The molecular formula is C34H39NO2. The van der Waals surface area contributed by atoms with Crippen molar-refractivity contribution in [2.45, 2.75) is 79.8 Å². The Balaban J connectivity index is 1.94. The van der Waals surface area contributed by atoms with E-state index in [1.54, 1.807) is 0 Å². The highest BCUT2D eigenvalue weighted by molar-refractivity contribution is 5.96. The number of carbonyl (C=O) groups is 1. The van der Waals surface area contributed by atoms with Gasteiger partial charge in [-0.3, -0.25) is 4.79 Å². The van der Waals surface area contributed by atoms with Crippen LogP contribution < -0.4 is 4.74 Å². The van der Waals surface area contributed by atoms with Crippen LogP contribution in [0.5, 0.6) is 5.75 Å². The van der Waals surface area contributed by atoms with Gasteiger partial charge in [0.05, 0.1) is 11.7 Å². The quantitative estimate of drug-likeness (QED) is 0.197. The fraction of sp³-hybridized carbons (Fsp3) is 0.353. The lowest BCUT2D eigenvalue weighted by Gasteiger charge is -2.19. The highest BCUT2D eigenvalue weighted by Crippen LogP contribution is 2.32. The van der Waals surface area contributed by atoms with E-state index in [2.05, 4.69) is 71.0 Å². The summed E-state index contributed by atoms with van der Waals surface area (Å²) in [6, 6.07) is 20.5. The van der Waals surface area contributed by atoms with Crippen LogP contribution in [0.4, 0.5) is 0 Å². The number of ether oxygens (including phenoxy) is 1. The molecule has 0 aliphatic carbocycles. The van der Waals surface area contributed by atoms with E-state index in [1.165, 1.54) is 0 Å². The molecule has 192 valence electrons. The van der Waals surface area contributed by atoms with E-state index in [0.717, 1.165) is 70.2 Å². The van der Waals surface area contributed by atoms with Crippen LogP contribution in [0, 0.1) is 25.2 Å². The molecule has 37 heavy (non-hydrogen) atoms. The van der Waals surface area contributed by atoms with Gasteiger partial charge in [0.1, 0.15) is 11.8 Å². The Labute approximate surface area is 222 Å². The first-order valence-electron chi connectivity index (χ1n) is 13.5. The van der Waals surface area contributed by atoms with Crippen molar-refractivity contribution in [1.82, 2.24) is 0 Å². The molecule has 0 atom stereocenters. The second-order valence-corrected chi connectivity index (χ2v) is 9.79. The summed E-state index contributed by atoms with van der Waals surface area (Å²) in [5, 5.41) is 9.87. The van der Waals surface area contributed by atoms with Gasteiger partial charge in [-0.25, -0.2) is 0 Å². The van der Waals surface area contributed by atoms with Crippen molar-refractivity contribution in [3.8, 4) is 22.9 Å². The Morgan fingerprint density at radius 2 is 1.73 bits per heavy atom. The van der Waals surface area contributed by atoms with Gasteiger partial charge in [-0.2, -0.15) is 5.26 Å². The lowest BCUT2D eigenvalue weighted by Crippen LogP contribution is -2.16. The highest BCUT2D eigenvalue weighted by atomic mass is 16.5. The van der Waals surface area contributed by atoms with Crippen LogP contribution in [0.3, 0.4) is 0 Å². The Kier molecular flexibility index (Phi) is 9.86. The van der Waals surface area contributed by atoms with Crippen molar-refractivity contribution >= 4 is 17.4 Å². The molecule has 0 N–H and O–H groups in total. The maximum Gasteiger partial charge on any atom is 0.162 e. The molecule has 0 unspecified atom stereocenters. The summed E-state index contributed by atoms with van der Waals surface area (Å²) >= 11 is 0. The van der Waals surface area contributed by atoms with E-state index in [0.29, 0.717) is 17.7 Å². The second kappa shape index (κ2) is 13.1. The van der Waals surface area contributed by atoms with Gasteiger partial charge in [0.15, 0.2) is 5.78 Å². The number of carbonyl (C=O) groups excluding carboxylic acids is 1. The Hall–Kier alpha value is -3.64. The molecule has 3 aromatic rings. The minimum absolute atomic E-state index is 0.142. The van der Waals surface area contributed by atoms with Crippen molar-refractivity contribution in [2.75, 3.05) is 0 Å². The van der Waals surface area contributed by atoms with E-state index in [9.17, 15) is 10.1 Å². The molecule has 0 aliphatic heterocycles. The molecule has 0 fully saturated rings. The molecule has 0 amide bonds. The minimum Gasteiger partial charge on any atom is -0.489 e. The van der Waals surface area contributed by atoms with Crippen LogP contribution in [0.1, 0.15) is 98.0 Å². The molecule has 0 aliphatic rings. The first-order valence-corrected chi connectivity index (χ1v) is 13.5. The van der Waals surface area contributed by atoms with Crippen molar-refractivity contribution < 1.29 is 9.53 Å². The van der Waals surface area contributed by atoms with Crippen LogP contribution in [-0.2, 0) is 0 Å². The van der Waals surface area contributed by atoms with Gasteiger partial charge in [0.2, 0.25) is 0 Å². The number of hydrogen-bond donors (Lipinski definition) is 0. The maximum atomic E-state index is 12.1. The molecule has 0 heterocycles. The molecule has 0 spiro atoms. The summed E-state index contributed by atoms with van der Waals surface area (Å²) in [4.78, 5) is 12.1. The van der Waals surface area contributed by atoms with Gasteiger partial charge in [-0.05, 0) is 90.8 Å². The lowest BCUT2D eigenvalue weighted by atomic mass is 9.92. The molecule has 3 rings (SSSR count). The number of ketones is 1. The lowest BCUT2D eigenvalue weighted by molar-refractivity contribution is 0.0988. The number of aryl methyl sites for hydroxylation is 1. The Morgan fingerprint density at radius 1 is 1.00 bits per heavy atom. The van der Waals surface area contributed by atoms with Crippen LogP contribution in [-0.4, -0.2) is 11.9 Å². The summed E-state index contributed by atoms with van der Waals surface area (Å²) in [7, 11) is 0. The number of allylic oxidation sites excluding steroid dienone is 1. The predicted molar refractivity (Wildman–Crippen MR) is 155 cm³/mol. The number of hydrogen-bond acceptors (Lipinski definition) is 3. The van der Waals surface area contributed by atoms with Crippen molar-refractivity contribution in [1.29, 1.82) is 5.26 Å². The molecule has 0 saturated heterocycles. The third-order valence-electron chi connectivity index (χ3n) is 6.97. The topological polar surface area (TPSA) is 50.1 Å². The molecule has 0 bridgehead atoms. The SMILES string of the molecule is CCCC(CCC)Oc1ccc(-c2cccc(/C=C(\C)c3ccc(C(=O)CC)cc3C)c2C)cc1C#N. The number of nitriles is 1. The predicted octanol–water partition coefficient (Wildman–Crippen LogP) is 9.34. The summed E-state index contributed by atoms with van der Waals surface area (Å²) in [6.07, 6.45) is 6.95. The monoisotopic (exact) mass is 493 g/mol. The van der Waals surface area contributed by atoms with E-state index < -0.39 is 0 Å². The van der Waals surface area contributed by atoms with Gasteiger partial charge in [-0.1, -0.05) is 76.1 Å². The summed E-state index contributed by atoms with van der Waals surface area (Å²) in [5.41, 5.74) is 9.12. The summed E-state index contributed by atoms with van der Waals surface area (Å²) < 4.78 is 6.25. The van der Waals surface area contributed by atoms with Crippen molar-refractivity contribution in [3.63, 3.8) is 0 Å². The molecule has 0 radical (unpaired) electrons. The Morgan fingerprint density at radius 3 is 2.35 bits per heavy atom. The molecule has 3 nitrogen and oxygen atoms in total. The van der Waals surface area contributed by atoms with Gasteiger partial charge in [0.25, 0.3) is 0 Å². The first kappa shape index (κ1) is 27.9. The normalized spacial score (nSPS) is 11.5. The molecule has 3 aromatic carbocycles. The third kappa shape index (κ3) is 6.77. The third-order valence-corrected chi connectivity index (χ3v) is 6.97. The number of Topliss-reactive ketones (excluding diaryl/α,β-unsaturated/α-hetero) is 1. The fourth-order valence-corrected chi connectivity index (χ4v) is 4.89.